The zero-order chi connectivity index (χ0) is 12.0. The molecule has 86 valence electrons. The SMILES string of the molecule is COC(=O)/C(=C/OCF)c1ccccc1C. The number of halogens is 1. The summed E-state index contributed by atoms with van der Waals surface area (Å²) in [5.41, 5.74) is 1.77. The van der Waals surface area contributed by atoms with Crippen LogP contribution >= 0.6 is 0 Å². The van der Waals surface area contributed by atoms with Gasteiger partial charge in [-0.15, -0.1) is 0 Å². The van der Waals surface area contributed by atoms with Crippen molar-refractivity contribution in [3.05, 3.63) is 41.7 Å². The normalized spacial score (nSPS) is 11.1. The molecule has 0 fully saturated rings. The number of alkyl halides is 1. The highest BCUT2D eigenvalue weighted by atomic mass is 19.1. The van der Waals surface area contributed by atoms with Gasteiger partial charge in [-0.05, 0) is 18.1 Å². The van der Waals surface area contributed by atoms with E-state index in [2.05, 4.69) is 9.47 Å². The van der Waals surface area contributed by atoms with Crippen molar-refractivity contribution in [2.45, 2.75) is 6.92 Å². The zero-order valence-electron chi connectivity index (χ0n) is 9.20. The second-order valence-corrected chi connectivity index (χ2v) is 3.11. The van der Waals surface area contributed by atoms with E-state index in [9.17, 15) is 9.18 Å². The molecule has 3 nitrogen and oxygen atoms in total. The first-order valence-electron chi connectivity index (χ1n) is 4.72. The maximum atomic E-state index is 11.9. The number of carbonyl (C=O) groups is 1. The first-order chi connectivity index (χ1) is 7.70. The minimum absolute atomic E-state index is 0.207. The van der Waals surface area contributed by atoms with Crippen LogP contribution in [0.25, 0.3) is 5.57 Å². The van der Waals surface area contributed by atoms with Gasteiger partial charge in [-0.3, -0.25) is 0 Å². The van der Waals surface area contributed by atoms with Gasteiger partial charge in [0.1, 0.15) is 11.8 Å². The van der Waals surface area contributed by atoms with Crippen molar-refractivity contribution < 1.29 is 18.7 Å². The van der Waals surface area contributed by atoms with Gasteiger partial charge in [0.2, 0.25) is 6.86 Å². The average Bonchev–Trinajstić information content (AvgIpc) is 2.31. The van der Waals surface area contributed by atoms with Gasteiger partial charge < -0.3 is 9.47 Å². The van der Waals surface area contributed by atoms with Crippen LogP contribution in [0.3, 0.4) is 0 Å². The fraction of sp³-hybridized carbons (Fsp3) is 0.250. The van der Waals surface area contributed by atoms with Crippen molar-refractivity contribution >= 4 is 11.5 Å². The van der Waals surface area contributed by atoms with Crippen LogP contribution in [-0.4, -0.2) is 19.9 Å². The minimum atomic E-state index is -0.980. The van der Waals surface area contributed by atoms with Crippen LogP contribution < -0.4 is 0 Å². The number of hydrogen-bond donors (Lipinski definition) is 0. The van der Waals surface area contributed by atoms with Gasteiger partial charge in [0, 0.05) is 0 Å². The van der Waals surface area contributed by atoms with E-state index in [4.69, 9.17) is 0 Å². The lowest BCUT2D eigenvalue weighted by atomic mass is 10.0. The minimum Gasteiger partial charge on any atom is -0.470 e. The Morgan fingerprint density at radius 3 is 2.69 bits per heavy atom. The molecule has 0 aliphatic heterocycles. The lowest BCUT2D eigenvalue weighted by molar-refractivity contribution is -0.133. The maximum Gasteiger partial charge on any atom is 0.341 e. The van der Waals surface area contributed by atoms with E-state index in [1.807, 2.05) is 19.1 Å². The smallest absolute Gasteiger partial charge is 0.341 e. The van der Waals surface area contributed by atoms with E-state index in [1.165, 1.54) is 7.11 Å². The Morgan fingerprint density at radius 2 is 2.12 bits per heavy atom. The zero-order valence-corrected chi connectivity index (χ0v) is 9.20. The van der Waals surface area contributed by atoms with Gasteiger partial charge in [-0.2, -0.15) is 0 Å². The standard InChI is InChI=1S/C12H13FO3/c1-9-5-3-4-6-10(9)11(7-16-8-13)12(14)15-2/h3-7H,8H2,1-2H3/b11-7+. The second kappa shape index (κ2) is 5.90. The van der Waals surface area contributed by atoms with Crippen molar-refractivity contribution in [1.29, 1.82) is 0 Å². The average molecular weight is 224 g/mol. The van der Waals surface area contributed by atoms with Gasteiger partial charge in [0.25, 0.3) is 0 Å². The molecule has 1 aromatic carbocycles. The van der Waals surface area contributed by atoms with Crippen LogP contribution in [0.15, 0.2) is 30.5 Å². The molecule has 0 aliphatic carbocycles. The van der Waals surface area contributed by atoms with Crippen molar-refractivity contribution in [3.63, 3.8) is 0 Å². The largest absolute Gasteiger partial charge is 0.470 e. The number of rotatable bonds is 4. The molecule has 0 spiro atoms. The maximum absolute atomic E-state index is 11.9. The monoisotopic (exact) mass is 224 g/mol. The van der Waals surface area contributed by atoms with Gasteiger partial charge >= 0.3 is 5.97 Å². The van der Waals surface area contributed by atoms with Gasteiger partial charge in [0.15, 0.2) is 0 Å². The summed E-state index contributed by atoms with van der Waals surface area (Å²) in [7, 11) is 1.27. The molecule has 0 saturated heterocycles. The second-order valence-electron chi connectivity index (χ2n) is 3.11. The van der Waals surface area contributed by atoms with Gasteiger partial charge in [0.05, 0.1) is 7.11 Å². The first-order valence-corrected chi connectivity index (χ1v) is 4.72. The molecule has 0 radical (unpaired) electrons. The van der Waals surface area contributed by atoms with E-state index in [-0.39, 0.29) is 5.57 Å². The number of hydrogen-bond acceptors (Lipinski definition) is 3. The van der Waals surface area contributed by atoms with Gasteiger partial charge in [-0.1, -0.05) is 24.3 Å². The number of carbonyl (C=O) groups excluding carboxylic acids is 1. The summed E-state index contributed by atoms with van der Waals surface area (Å²) in [6, 6.07) is 7.24. The summed E-state index contributed by atoms with van der Waals surface area (Å²) >= 11 is 0. The predicted molar refractivity (Wildman–Crippen MR) is 58.2 cm³/mol. The summed E-state index contributed by atoms with van der Waals surface area (Å²) in [6.07, 6.45) is 1.08. The Bertz CT molecular complexity index is 399. The lowest BCUT2D eigenvalue weighted by Gasteiger charge is -2.08. The van der Waals surface area contributed by atoms with E-state index in [0.717, 1.165) is 11.8 Å². The van der Waals surface area contributed by atoms with Crippen LogP contribution in [0.5, 0.6) is 0 Å². The molecule has 1 aromatic rings. The van der Waals surface area contributed by atoms with Crippen molar-refractivity contribution in [2.24, 2.45) is 0 Å². The molecule has 0 aliphatic rings. The number of benzene rings is 1. The Hall–Kier alpha value is -1.84. The molecule has 0 saturated carbocycles. The van der Waals surface area contributed by atoms with Crippen LogP contribution in [0.4, 0.5) is 4.39 Å². The molecule has 4 heteroatoms. The first kappa shape index (κ1) is 12.2. The molecular formula is C12H13FO3. The number of methoxy groups -OCH3 is 1. The molecule has 0 atom stereocenters. The predicted octanol–water partition coefficient (Wildman–Crippen LogP) is 2.45. The molecule has 0 amide bonds. The number of esters is 1. The summed E-state index contributed by atoms with van der Waals surface area (Å²) < 4.78 is 21.0. The Kier molecular flexibility index (Phi) is 4.51. The number of aryl methyl sites for hydroxylation is 1. The van der Waals surface area contributed by atoms with E-state index >= 15 is 0 Å². The molecule has 0 unspecified atom stereocenters. The van der Waals surface area contributed by atoms with Crippen LogP contribution in [0.2, 0.25) is 0 Å². The number of ether oxygens (including phenoxy) is 2. The third kappa shape index (κ3) is 2.82. The molecule has 0 aromatic heterocycles. The summed E-state index contributed by atoms with van der Waals surface area (Å²) in [4.78, 5) is 11.5. The van der Waals surface area contributed by atoms with Crippen LogP contribution in [0.1, 0.15) is 11.1 Å². The Morgan fingerprint density at radius 1 is 1.44 bits per heavy atom. The topological polar surface area (TPSA) is 35.5 Å². The highest BCUT2D eigenvalue weighted by Gasteiger charge is 2.14. The summed E-state index contributed by atoms with van der Waals surface area (Å²) in [5.74, 6) is -0.553. The molecule has 16 heavy (non-hydrogen) atoms. The van der Waals surface area contributed by atoms with E-state index in [0.29, 0.717) is 5.56 Å². The van der Waals surface area contributed by atoms with Crippen molar-refractivity contribution in [1.82, 2.24) is 0 Å². The molecule has 0 N–H and O–H groups in total. The van der Waals surface area contributed by atoms with E-state index in [1.54, 1.807) is 12.1 Å². The Labute approximate surface area is 93.5 Å². The van der Waals surface area contributed by atoms with E-state index < -0.39 is 12.8 Å². The summed E-state index contributed by atoms with van der Waals surface area (Å²) in [5, 5.41) is 0. The summed E-state index contributed by atoms with van der Waals surface area (Å²) in [6.45, 7) is 0.869. The highest BCUT2D eigenvalue weighted by Crippen LogP contribution is 2.19. The van der Waals surface area contributed by atoms with Crippen molar-refractivity contribution in [3.8, 4) is 0 Å². The molecule has 1 rings (SSSR count). The fourth-order valence-corrected chi connectivity index (χ4v) is 1.32. The quantitative estimate of drug-likeness (QED) is 0.447. The molecular weight excluding hydrogens is 211 g/mol. The highest BCUT2D eigenvalue weighted by molar-refractivity contribution is 6.16. The van der Waals surface area contributed by atoms with Crippen LogP contribution in [0, 0.1) is 6.92 Å². The van der Waals surface area contributed by atoms with Crippen LogP contribution in [-0.2, 0) is 14.3 Å². The third-order valence-corrected chi connectivity index (χ3v) is 2.10. The van der Waals surface area contributed by atoms with Crippen molar-refractivity contribution in [2.75, 3.05) is 14.0 Å². The fourth-order valence-electron chi connectivity index (χ4n) is 1.32. The molecule has 0 heterocycles. The Balaban J connectivity index is 3.11. The van der Waals surface area contributed by atoms with Gasteiger partial charge in [-0.25, -0.2) is 9.18 Å². The third-order valence-electron chi connectivity index (χ3n) is 2.10. The molecule has 0 bridgehead atoms. The lowest BCUT2D eigenvalue weighted by Crippen LogP contribution is -2.05.